The van der Waals surface area contributed by atoms with Gasteiger partial charge in [0, 0.05) is 37.6 Å². The highest BCUT2D eigenvalue weighted by atomic mass is 16.2. The zero-order valence-electron chi connectivity index (χ0n) is 15.7. The molecule has 1 aliphatic carbocycles. The smallest absolute Gasteiger partial charge is 0.254 e. The minimum atomic E-state index is -0.559. The van der Waals surface area contributed by atoms with E-state index in [2.05, 4.69) is 20.6 Å². The van der Waals surface area contributed by atoms with Crippen LogP contribution in [0.3, 0.4) is 0 Å². The fourth-order valence-electron chi connectivity index (χ4n) is 2.89. The van der Waals surface area contributed by atoms with E-state index in [0.29, 0.717) is 17.8 Å². The molecule has 8 heteroatoms. The van der Waals surface area contributed by atoms with Crippen molar-refractivity contribution in [2.45, 2.75) is 39.2 Å². The third kappa shape index (κ3) is 4.16. The van der Waals surface area contributed by atoms with E-state index < -0.39 is 5.91 Å². The fraction of sp³-hybridized carbons (Fsp3) is 0.368. The summed E-state index contributed by atoms with van der Waals surface area (Å²) in [7, 11) is 1.74. The molecule has 1 saturated carbocycles. The third-order valence-corrected chi connectivity index (χ3v) is 4.79. The number of amides is 2. The number of hydrogen-bond acceptors (Lipinski definition) is 6. The molecule has 27 heavy (non-hydrogen) atoms. The topological polar surface area (TPSA) is 113 Å². The number of carbonyl (C=O) groups is 2. The van der Waals surface area contributed by atoms with E-state index in [4.69, 9.17) is 5.73 Å². The highest BCUT2D eigenvalue weighted by Gasteiger charge is 2.21. The maximum absolute atomic E-state index is 11.6. The van der Waals surface area contributed by atoms with Gasteiger partial charge < -0.3 is 21.3 Å². The molecule has 0 aliphatic heterocycles. The Hall–Kier alpha value is -3.16. The molecule has 0 unspecified atom stereocenters. The second kappa shape index (κ2) is 7.61. The Morgan fingerprint density at radius 1 is 1.30 bits per heavy atom. The number of hydrogen-bond donors (Lipinski definition) is 3. The van der Waals surface area contributed by atoms with Gasteiger partial charge in [0.15, 0.2) is 0 Å². The number of primary amides is 1. The molecule has 2 amide bonds. The van der Waals surface area contributed by atoms with E-state index in [9.17, 15) is 9.59 Å². The first-order valence-corrected chi connectivity index (χ1v) is 8.90. The molecule has 1 aliphatic rings. The Morgan fingerprint density at radius 3 is 2.59 bits per heavy atom. The standard InChI is InChI=1S/C19H24N6O2/c1-11-9-14(7-8-16(11)25(3)12(2)26)23-19-21-10-15(17(20)27)18(24-19)22-13-5-4-6-13/h7-10,13H,4-6H2,1-3H3,(H2,20,27)(H2,21,22,23,24). The summed E-state index contributed by atoms with van der Waals surface area (Å²) >= 11 is 0. The summed E-state index contributed by atoms with van der Waals surface area (Å²) in [5, 5.41) is 6.40. The lowest BCUT2D eigenvalue weighted by molar-refractivity contribution is -0.116. The van der Waals surface area contributed by atoms with Crippen molar-refractivity contribution in [1.82, 2.24) is 9.97 Å². The van der Waals surface area contributed by atoms with Crippen LogP contribution in [0, 0.1) is 6.92 Å². The van der Waals surface area contributed by atoms with Gasteiger partial charge in [0.05, 0.1) is 5.56 Å². The van der Waals surface area contributed by atoms with Crippen molar-refractivity contribution < 1.29 is 9.59 Å². The van der Waals surface area contributed by atoms with Gasteiger partial charge in [-0.05, 0) is 49.9 Å². The summed E-state index contributed by atoms with van der Waals surface area (Å²) in [5.74, 6) is 0.231. The average Bonchev–Trinajstić information content (AvgIpc) is 2.57. The predicted octanol–water partition coefficient (Wildman–Crippen LogP) is 2.57. The lowest BCUT2D eigenvalue weighted by Crippen LogP contribution is -2.29. The number of aryl methyl sites for hydroxylation is 1. The summed E-state index contributed by atoms with van der Waals surface area (Å²) in [6, 6.07) is 5.95. The summed E-state index contributed by atoms with van der Waals surface area (Å²) < 4.78 is 0. The molecule has 8 nitrogen and oxygen atoms in total. The zero-order valence-corrected chi connectivity index (χ0v) is 15.7. The number of rotatable bonds is 6. The number of nitrogens with one attached hydrogen (secondary N) is 2. The molecule has 1 aromatic carbocycles. The van der Waals surface area contributed by atoms with E-state index >= 15 is 0 Å². The minimum Gasteiger partial charge on any atom is -0.367 e. The summed E-state index contributed by atoms with van der Waals surface area (Å²) in [5.41, 5.74) is 8.28. The number of benzene rings is 1. The maximum Gasteiger partial charge on any atom is 0.254 e. The summed E-state index contributed by atoms with van der Waals surface area (Å²) in [6.45, 7) is 3.46. The van der Waals surface area contributed by atoms with Crippen LogP contribution in [-0.2, 0) is 4.79 Å². The van der Waals surface area contributed by atoms with Crippen LogP contribution >= 0.6 is 0 Å². The number of aromatic nitrogens is 2. The third-order valence-electron chi connectivity index (χ3n) is 4.79. The van der Waals surface area contributed by atoms with Crippen molar-refractivity contribution >= 4 is 35.0 Å². The number of nitrogens with zero attached hydrogens (tertiary/aromatic N) is 3. The van der Waals surface area contributed by atoms with Gasteiger partial charge in [0.1, 0.15) is 5.82 Å². The normalized spacial score (nSPS) is 13.6. The van der Waals surface area contributed by atoms with Crippen LogP contribution in [0.15, 0.2) is 24.4 Å². The van der Waals surface area contributed by atoms with Gasteiger partial charge >= 0.3 is 0 Å². The molecule has 0 bridgehead atoms. The fourth-order valence-corrected chi connectivity index (χ4v) is 2.89. The van der Waals surface area contributed by atoms with E-state index in [-0.39, 0.29) is 11.5 Å². The SMILES string of the molecule is CC(=O)N(C)c1ccc(Nc2ncc(C(N)=O)c(NC3CCC3)n2)cc1C. The first-order valence-electron chi connectivity index (χ1n) is 8.90. The molecule has 0 atom stereocenters. The van der Waals surface area contributed by atoms with E-state index in [1.807, 2.05) is 25.1 Å². The molecule has 1 aromatic heterocycles. The Bertz CT molecular complexity index is 878. The van der Waals surface area contributed by atoms with Gasteiger partial charge in [-0.25, -0.2) is 4.98 Å². The highest BCUT2D eigenvalue weighted by Crippen LogP contribution is 2.27. The molecule has 2 aromatic rings. The minimum absolute atomic E-state index is 0.0316. The van der Waals surface area contributed by atoms with Crippen LogP contribution in [-0.4, -0.2) is 34.9 Å². The largest absolute Gasteiger partial charge is 0.367 e. The van der Waals surface area contributed by atoms with Crippen molar-refractivity contribution in [3.05, 3.63) is 35.5 Å². The Kier molecular flexibility index (Phi) is 5.25. The molecule has 3 rings (SSSR count). The first kappa shape index (κ1) is 18.6. The second-order valence-corrected chi connectivity index (χ2v) is 6.80. The molecule has 0 spiro atoms. The van der Waals surface area contributed by atoms with Crippen molar-refractivity contribution in [1.29, 1.82) is 0 Å². The van der Waals surface area contributed by atoms with E-state index in [1.165, 1.54) is 19.5 Å². The van der Waals surface area contributed by atoms with Crippen LogP contribution in [0.1, 0.15) is 42.1 Å². The summed E-state index contributed by atoms with van der Waals surface area (Å²) in [4.78, 5) is 33.4. The maximum atomic E-state index is 11.6. The Morgan fingerprint density at radius 2 is 2.04 bits per heavy atom. The molecular weight excluding hydrogens is 344 g/mol. The van der Waals surface area contributed by atoms with Crippen LogP contribution in [0.5, 0.6) is 0 Å². The van der Waals surface area contributed by atoms with Gasteiger partial charge in [-0.1, -0.05) is 0 Å². The highest BCUT2D eigenvalue weighted by molar-refractivity contribution is 5.97. The van der Waals surface area contributed by atoms with Gasteiger partial charge in [-0.2, -0.15) is 4.98 Å². The molecule has 142 valence electrons. The lowest BCUT2D eigenvalue weighted by atomic mass is 9.93. The van der Waals surface area contributed by atoms with Crippen LogP contribution in [0.25, 0.3) is 0 Å². The zero-order chi connectivity index (χ0) is 19.6. The van der Waals surface area contributed by atoms with Crippen molar-refractivity contribution in [3.63, 3.8) is 0 Å². The van der Waals surface area contributed by atoms with Crippen LogP contribution in [0.2, 0.25) is 0 Å². The first-order chi connectivity index (χ1) is 12.8. The molecular formula is C19H24N6O2. The van der Waals surface area contributed by atoms with Crippen LogP contribution < -0.4 is 21.3 Å². The van der Waals surface area contributed by atoms with Crippen molar-refractivity contribution in [3.8, 4) is 0 Å². The number of carbonyl (C=O) groups excluding carboxylic acids is 2. The Balaban J connectivity index is 1.82. The predicted molar refractivity (Wildman–Crippen MR) is 105 cm³/mol. The van der Waals surface area contributed by atoms with E-state index in [0.717, 1.165) is 29.8 Å². The van der Waals surface area contributed by atoms with E-state index in [1.54, 1.807) is 11.9 Å². The number of anilines is 4. The monoisotopic (exact) mass is 368 g/mol. The summed E-state index contributed by atoms with van der Waals surface area (Å²) in [6.07, 6.45) is 4.70. The molecule has 1 fully saturated rings. The average molecular weight is 368 g/mol. The lowest BCUT2D eigenvalue weighted by Gasteiger charge is -2.27. The molecule has 0 radical (unpaired) electrons. The second-order valence-electron chi connectivity index (χ2n) is 6.80. The van der Waals surface area contributed by atoms with Gasteiger partial charge in [-0.15, -0.1) is 0 Å². The van der Waals surface area contributed by atoms with Crippen molar-refractivity contribution in [2.24, 2.45) is 5.73 Å². The van der Waals surface area contributed by atoms with Crippen molar-refractivity contribution in [2.75, 3.05) is 22.6 Å². The number of nitrogens with two attached hydrogens (primary N) is 1. The van der Waals surface area contributed by atoms with Crippen LogP contribution in [0.4, 0.5) is 23.1 Å². The molecule has 1 heterocycles. The van der Waals surface area contributed by atoms with Gasteiger partial charge in [0.2, 0.25) is 11.9 Å². The van der Waals surface area contributed by atoms with Gasteiger partial charge in [-0.3, -0.25) is 9.59 Å². The quantitative estimate of drug-likeness (QED) is 0.722. The van der Waals surface area contributed by atoms with Gasteiger partial charge in [0.25, 0.3) is 5.91 Å². The molecule has 0 saturated heterocycles. The Labute approximate surface area is 158 Å². The molecule has 4 N–H and O–H groups in total.